The highest BCUT2D eigenvalue weighted by molar-refractivity contribution is 9.09. The third-order valence-electron chi connectivity index (χ3n) is 3.57. The molecule has 2 aromatic rings. The Labute approximate surface area is 124 Å². The van der Waals surface area contributed by atoms with Gasteiger partial charge in [-0.15, -0.1) is 0 Å². The van der Waals surface area contributed by atoms with Gasteiger partial charge >= 0.3 is 0 Å². The highest BCUT2D eigenvalue weighted by atomic mass is 79.9. The Kier molecular flexibility index (Phi) is 5.62. The Morgan fingerprint density at radius 1 is 0.842 bits per heavy atom. The number of hydrogen-bond donors (Lipinski definition) is 1. The fourth-order valence-electron chi connectivity index (χ4n) is 2.62. The summed E-state index contributed by atoms with van der Waals surface area (Å²) in [7, 11) is 0. The highest BCUT2D eigenvalue weighted by Gasteiger charge is 2.23. The molecule has 0 fully saturated rings. The lowest BCUT2D eigenvalue weighted by atomic mass is 9.79. The van der Waals surface area contributed by atoms with Crippen LogP contribution in [0.5, 0.6) is 0 Å². The molecule has 0 aliphatic rings. The van der Waals surface area contributed by atoms with Crippen LogP contribution in [0.2, 0.25) is 0 Å². The van der Waals surface area contributed by atoms with E-state index in [0.29, 0.717) is 18.4 Å². The van der Waals surface area contributed by atoms with Crippen molar-refractivity contribution in [3.05, 3.63) is 71.8 Å². The summed E-state index contributed by atoms with van der Waals surface area (Å²) in [6, 6.07) is 21.4. The van der Waals surface area contributed by atoms with Crippen molar-refractivity contribution in [2.75, 3.05) is 11.9 Å². The standard InChI is InChI=1S/C17H20BrN/c18-12-11-16(13-19)17(14-7-3-1-4-8-14)15-9-5-2-6-10-15/h1-10,16-17H,11-13,19H2/t16-/m1/s1. The van der Waals surface area contributed by atoms with E-state index in [0.717, 1.165) is 11.8 Å². The van der Waals surface area contributed by atoms with Gasteiger partial charge in [0.1, 0.15) is 0 Å². The highest BCUT2D eigenvalue weighted by Crippen LogP contribution is 2.33. The van der Waals surface area contributed by atoms with E-state index in [2.05, 4.69) is 76.6 Å². The molecule has 1 atom stereocenters. The van der Waals surface area contributed by atoms with Crippen LogP contribution in [-0.4, -0.2) is 11.9 Å². The summed E-state index contributed by atoms with van der Waals surface area (Å²) in [5.41, 5.74) is 8.72. The Morgan fingerprint density at radius 3 is 1.68 bits per heavy atom. The van der Waals surface area contributed by atoms with Crippen LogP contribution in [0.4, 0.5) is 0 Å². The SMILES string of the molecule is NC[C@@H](CCBr)C(c1ccccc1)c1ccccc1. The second-order valence-corrected chi connectivity index (χ2v) is 5.57. The predicted octanol–water partition coefficient (Wildman–Crippen LogP) is 4.18. The molecular weight excluding hydrogens is 298 g/mol. The number of nitrogens with two attached hydrogens (primary N) is 1. The van der Waals surface area contributed by atoms with Gasteiger partial charge in [-0.2, -0.15) is 0 Å². The zero-order chi connectivity index (χ0) is 13.5. The summed E-state index contributed by atoms with van der Waals surface area (Å²) < 4.78 is 0. The predicted molar refractivity (Wildman–Crippen MR) is 85.7 cm³/mol. The van der Waals surface area contributed by atoms with Crippen LogP contribution < -0.4 is 5.73 Å². The first-order valence-electron chi connectivity index (χ1n) is 6.72. The number of alkyl halides is 1. The van der Waals surface area contributed by atoms with Crippen molar-refractivity contribution in [1.82, 2.24) is 0 Å². The Hall–Kier alpha value is -1.12. The fourth-order valence-corrected chi connectivity index (χ4v) is 3.21. The Bertz CT molecular complexity index is 430. The van der Waals surface area contributed by atoms with E-state index in [1.165, 1.54) is 11.1 Å². The van der Waals surface area contributed by atoms with Crippen molar-refractivity contribution in [3.8, 4) is 0 Å². The van der Waals surface area contributed by atoms with Gasteiger partial charge in [0, 0.05) is 11.2 Å². The minimum Gasteiger partial charge on any atom is -0.330 e. The largest absolute Gasteiger partial charge is 0.330 e. The van der Waals surface area contributed by atoms with Crippen molar-refractivity contribution >= 4 is 15.9 Å². The van der Waals surface area contributed by atoms with Gasteiger partial charge in [0.05, 0.1) is 0 Å². The normalized spacial score (nSPS) is 12.6. The molecule has 2 N–H and O–H groups in total. The number of halogens is 1. The van der Waals surface area contributed by atoms with Gasteiger partial charge in [-0.05, 0) is 30.0 Å². The summed E-state index contributed by atoms with van der Waals surface area (Å²) in [5.74, 6) is 0.842. The molecule has 0 aromatic heterocycles. The average Bonchev–Trinajstić information content (AvgIpc) is 2.49. The van der Waals surface area contributed by atoms with Gasteiger partial charge in [0.15, 0.2) is 0 Å². The van der Waals surface area contributed by atoms with Crippen molar-refractivity contribution < 1.29 is 0 Å². The van der Waals surface area contributed by atoms with Crippen LogP contribution in [0, 0.1) is 5.92 Å². The molecule has 0 aliphatic carbocycles. The molecule has 0 unspecified atom stereocenters. The molecule has 0 spiro atoms. The van der Waals surface area contributed by atoms with Gasteiger partial charge in [-0.3, -0.25) is 0 Å². The van der Waals surface area contributed by atoms with Gasteiger partial charge in [-0.25, -0.2) is 0 Å². The zero-order valence-electron chi connectivity index (χ0n) is 11.0. The maximum absolute atomic E-state index is 6.01. The van der Waals surface area contributed by atoms with Crippen molar-refractivity contribution in [1.29, 1.82) is 0 Å². The third-order valence-corrected chi connectivity index (χ3v) is 4.03. The molecule has 1 nitrogen and oxygen atoms in total. The van der Waals surface area contributed by atoms with E-state index in [4.69, 9.17) is 5.73 Å². The molecule has 0 aliphatic heterocycles. The van der Waals surface area contributed by atoms with Gasteiger partial charge in [0.25, 0.3) is 0 Å². The molecule has 0 saturated heterocycles. The molecule has 0 heterocycles. The molecule has 0 amide bonds. The average molecular weight is 318 g/mol. The Balaban J connectivity index is 2.38. The minimum absolute atomic E-state index is 0.380. The van der Waals surface area contributed by atoms with Gasteiger partial charge < -0.3 is 5.73 Å². The van der Waals surface area contributed by atoms with E-state index in [1.54, 1.807) is 0 Å². The van der Waals surface area contributed by atoms with E-state index in [-0.39, 0.29) is 0 Å². The number of rotatable bonds is 6. The third kappa shape index (κ3) is 3.68. The fraction of sp³-hybridized carbons (Fsp3) is 0.294. The van der Waals surface area contributed by atoms with Crippen molar-refractivity contribution in [2.45, 2.75) is 12.3 Å². The smallest absolute Gasteiger partial charge is 0.0130 e. The molecule has 2 aromatic carbocycles. The molecule has 0 radical (unpaired) electrons. The quantitative estimate of drug-likeness (QED) is 0.795. The molecule has 0 saturated carbocycles. The van der Waals surface area contributed by atoms with E-state index >= 15 is 0 Å². The summed E-state index contributed by atoms with van der Waals surface area (Å²) in [4.78, 5) is 0. The van der Waals surface area contributed by atoms with Crippen LogP contribution >= 0.6 is 15.9 Å². The van der Waals surface area contributed by atoms with Crippen LogP contribution in [0.3, 0.4) is 0 Å². The van der Waals surface area contributed by atoms with Crippen LogP contribution in [0.15, 0.2) is 60.7 Å². The lowest BCUT2D eigenvalue weighted by Crippen LogP contribution is -2.23. The first-order chi connectivity index (χ1) is 9.36. The molecule has 2 heteroatoms. The van der Waals surface area contributed by atoms with E-state index in [9.17, 15) is 0 Å². The van der Waals surface area contributed by atoms with Gasteiger partial charge in [-0.1, -0.05) is 76.6 Å². The Morgan fingerprint density at radius 2 is 1.32 bits per heavy atom. The first-order valence-corrected chi connectivity index (χ1v) is 7.85. The summed E-state index contributed by atoms with van der Waals surface area (Å²) in [5, 5.41) is 0.991. The van der Waals surface area contributed by atoms with Crippen molar-refractivity contribution in [2.24, 2.45) is 11.7 Å². The summed E-state index contributed by atoms with van der Waals surface area (Å²) in [6.07, 6.45) is 1.09. The number of benzene rings is 2. The maximum Gasteiger partial charge on any atom is 0.0130 e. The summed E-state index contributed by atoms with van der Waals surface area (Å²) in [6.45, 7) is 0.708. The zero-order valence-corrected chi connectivity index (χ0v) is 12.6. The first kappa shape index (κ1) is 14.3. The molecule has 0 bridgehead atoms. The number of hydrogen-bond acceptors (Lipinski definition) is 1. The van der Waals surface area contributed by atoms with Crippen LogP contribution in [-0.2, 0) is 0 Å². The van der Waals surface area contributed by atoms with Gasteiger partial charge in [0.2, 0.25) is 0 Å². The molecule has 100 valence electrons. The maximum atomic E-state index is 6.01. The lowest BCUT2D eigenvalue weighted by Gasteiger charge is -2.26. The monoisotopic (exact) mass is 317 g/mol. The minimum atomic E-state index is 0.380. The van der Waals surface area contributed by atoms with Crippen molar-refractivity contribution in [3.63, 3.8) is 0 Å². The van der Waals surface area contributed by atoms with Crippen LogP contribution in [0.25, 0.3) is 0 Å². The molecule has 19 heavy (non-hydrogen) atoms. The van der Waals surface area contributed by atoms with Crippen LogP contribution in [0.1, 0.15) is 23.5 Å². The lowest BCUT2D eigenvalue weighted by molar-refractivity contribution is 0.467. The topological polar surface area (TPSA) is 26.0 Å². The second kappa shape index (κ2) is 7.46. The molecule has 2 rings (SSSR count). The summed E-state index contributed by atoms with van der Waals surface area (Å²) >= 11 is 3.55. The van der Waals surface area contributed by atoms with E-state index < -0.39 is 0 Å². The molecular formula is C17H20BrN. The second-order valence-electron chi connectivity index (χ2n) is 4.77. The van der Waals surface area contributed by atoms with E-state index in [1.807, 2.05) is 0 Å².